The summed E-state index contributed by atoms with van der Waals surface area (Å²) >= 11 is 0. The minimum Gasteiger partial charge on any atom is -0.493 e. The van der Waals surface area contributed by atoms with Gasteiger partial charge in [-0.25, -0.2) is 8.78 Å². The fraction of sp³-hybridized carbons (Fsp3) is 0.455. The molecule has 0 N–H and O–H groups in total. The predicted octanol–water partition coefficient (Wildman–Crippen LogP) is 2.71. The van der Waals surface area contributed by atoms with Gasteiger partial charge in [0.15, 0.2) is 0 Å². The first-order chi connectivity index (χ1) is 6.68. The van der Waals surface area contributed by atoms with Crippen molar-refractivity contribution >= 4 is 0 Å². The summed E-state index contributed by atoms with van der Waals surface area (Å²) in [5.74, 6) is 0.526. The van der Waals surface area contributed by atoms with Crippen LogP contribution in [0.25, 0.3) is 0 Å². The summed E-state index contributed by atoms with van der Waals surface area (Å²) in [7, 11) is 0. The van der Waals surface area contributed by atoms with Gasteiger partial charge in [0.05, 0.1) is 6.61 Å². The van der Waals surface area contributed by atoms with Crippen molar-refractivity contribution < 1.29 is 13.5 Å². The Kier molecular flexibility index (Phi) is 1.45. The predicted molar refractivity (Wildman–Crippen MR) is 47.2 cm³/mol. The lowest BCUT2D eigenvalue weighted by molar-refractivity contribution is 0.270. The van der Waals surface area contributed by atoms with Gasteiger partial charge in [-0.05, 0) is 11.8 Å². The fourth-order valence-electron chi connectivity index (χ4n) is 2.47. The molecule has 14 heavy (non-hydrogen) atoms. The molecule has 3 heteroatoms. The van der Waals surface area contributed by atoms with E-state index in [0.29, 0.717) is 29.8 Å². The molecule has 1 aromatic carbocycles. The van der Waals surface area contributed by atoms with Gasteiger partial charge >= 0.3 is 0 Å². The van der Waals surface area contributed by atoms with Crippen LogP contribution >= 0.6 is 0 Å². The van der Waals surface area contributed by atoms with Gasteiger partial charge in [-0.15, -0.1) is 0 Å². The van der Waals surface area contributed by atoms with E-state index in [1.165, 1.54) is 6.07 Å². The summed E-state index contributed by atoms with van der Waals surface area (Å²) in [5, 5.41) is 0. The average Bonchev–Trinajstić information content (AvgIpc) is 2.76. The molecule has 1 nitrogen and oxygen atoms in total. The van der Waals surface area contributed by atoms with Crippen LogP contribution in [-0.2, 0) is 0 Å². The van der Waals surface area contributed by atoms with Crippen molar-refractivity contribution in [2.75, 3.05) is 6.61 Å². The Labute approximate surface area is 80.7 Å². The molecule has 0 spiro atoms. The van der Waals surface area contributed by atoms with Crippen molar-refractivity contribution in [3.05, 3.63) is 29.3 Å². The largest absolute Gasteiger partial charge is 0.493 e. The highest BCUT2D eigenvalue weighted by Crippen LogP contribution is 2.59. The zero-order valence-electron chi connectivity index (χ0n) is 7.76. The molecule has 0 amide bonds. The molecule has 1 fully saturated rings. The highest BCUT2D eigenvalue weighted by molar-refractivity contribution is 5.44. The summed E-state index contributed by atoms with van der Waals surface area (Å²) in [6, 6.07) is 2.22. The number of fused-ring (bicyclic) bond motifs is 3. The van der Waals surface area contributed by atoms with Crippen molar-refractivity contribution in [2.24, 2.45) is 11.8 Å². The first-order valence-corrected chi connectivity index (χ1v) is 4.80. The Morgan fingerprint density at radius 2 is 2.14 bits per heavy atom. The number of rotatable bonds is 0. The zero-order chi connectivity index (χ0) is 9.87. The van der Waals surface area contributed by atoms with Crippen LogP contribution in [0.3, 0.4) is 0 Å². The molecule has 1 saturated carbocycles. The highest BCUT2D eigenvalue weighted by Gasteiger charge is 2.53. The number of benzene rings is 1. The van der Waals surface area contributed by atoms with E-state index in [-0.39, 0.29) is 5.92 Å². The van der Waals surface area contributed by atoms with Crippen LogP contribution in [0.4, 0.5) is 8.78 Å². The third kappa shape index (κ3) is 0.925. The third-order valence-electron chi connectivity index (χ3n) is 3.38. The molecule has 1 aromatic rings. The summed E-state index contributed by atoms with van der Waals surface area (Å²) in [6.07, 6.45) is 0. The lowest BCUT2D eigenvalue weighted by atomic mass is 10.0. The van der Waals surface area contributed by atoms with Crippen molar-refractivity contribution in [1.29, 1.82) is 0 Å². The molecule has 1 aliphatic carbocycles. The first kappa shape index (κ1) is 8.21. The summed E-state index contributed by atoms with van der Waals surface area (Å²) in [4.78, 5) is 0. The van der Waals surface area contributed by atoms with E-state index in [1.807, 2.05) is 0 Å². The Morgan fingerprint density at radius 1 is 1.36 bits per heavy atom. The molecule has 0 saturated heterocycles. The molecule has 1 aliphatic heterocycles. The standard InChI is InChI=1S/C11H10F2O/c1-5-7-4-14-9-3-6(12)2-8(13)11(9)10(5)7/h2-3,5,7,10H,4H2,1H3/t5-,7+,10-/m1/s1. The molecular weight excluding hydrogens is 186 g/mol. The van der Waals surface area contributed by atoms with Crippen LogP contribution < -0.4 is 4.74 Å². The van der Waals surface area contributed by atoms with Gasteiger partial charge in [0.25, 0.3) is 0 Å². The first-order valence-electron chi connectivity index (χ1n) is 4.80. The number of hydrogen-bond donors (Lipinski definition) is 0. The van der Waals surface area contributed by atoms with Gasteiger partial charge in [0, 0.05) is 23.6 Å². The van der Waals surface area contributed by atoms with Crippen LogP contribution in [0.1, 0.15) is 18.4 Å². The molecule has 74 valence electrons. The summed E-state index contributed by atoms with van der Waals surface area (Å²) in [5.41, 5.74) is 0.579. The molecule has 0 aromatic heterocycles. The molecule has 0 bridgehead atoms. The Morgan fingerprint density at radius 3 is 2.93 bits per heavy atom. The van der Waals surface area contributed by atoms with E-state index in [0.717, 1.165) is 6.07 Å². The third-order valence-corrected chi connectivity index (χ3v) is 3.38. The second-order valence-corrected chi connectivity index (χ2v) is 4.16. The van der Waals surface area contributed by atoms with Crippen LogP contribution in [0.2, 0.25) is 0 Å². The van der Waals surface area contributed by atoms with Crippen LogP contribution in [0, 0.1) is 23.5 Å². The highest BCUT2D eigenvalue weighted by atomic mass is 19.1. The molecule has 3 atom stereocenters. The topological polar surface area (TPSA) is 9.23 Å². The van der Waals surface area contributed by atoms with Crippen molar-refractivity contribution in [2.45, 2.75) is 12.8 Å². The molecule has 3 rings (SSSR count). The lowest BCUT2D eigenvalue weighted by Crippen LogP contribution is -2.10. The maximum Gasteiger partial charge on any atom is 0.133 e. The minimum absolute atomic E-state index is 0.249. The van der Waals surface area contributed by atoms with E-state index in [2.05, 4.69) is 6.92 Å². The SMILES string of the molecule is C[C@@H]1[C@@H]2COc3cc(F)cc(F)c3[C@H]12. The Bertz CT molecular complexity index is 403. The number of hydrogen-bond acceptors (Lipinski definition) is 1. The molecular formula is C11H10F2O. The van der Waals surface area contributed by atoms with Gasteiger partial charge in [-0.3, -0.25) is 0 Å². The second kappa shape index (κ2) is 2.47. The molecule has 0 unspecified atom stereocenters. The van der Waals surface area contributed by atoms with Gasteiger partial charge in [0.2, 0.25) is 0 Å². The van der Waals surface area contributed by atoms with Crippen LogP contribution in [-0.4, -0.2) is 6.61 Å². The van der Waals surface area contributed by atoms with Crippen molar-refractivity contribution in [3.8, 4) is 5.75 Å². The molecule has 1 heterocycles. The van der Waals surface area contributed by atoms with Gasteiger partial charge in [0.1, 0.15) is 17.4 Å². The molecule has 0 radical (unpaired) electrons. The Hall–Kier alpha value is -1.12. The quantitative estimate of drug-likeness (QED) is 0.620. The van der Waals surface area contributed by atoms with Gasteiger partial charge in [-0.2, -0.15) is 0 Å². The number of halogens is 2. The van der Waals surface area contributed by atoms with E-state index < -0.39 is 11.6 Å². The van der Waals surface area contributed by atoms with Crippen molar-refractivity contribution in [3.63, 3.8) is 0 Å². The van der Waals surface area contributed by atoms with E-state index >= 15 is 0 Å². The smallest absolute Gasteiger partial charge is 0.133 e. The van der Waals surface area contributed by atoms with Gasteiger partial charge < -0.3 is 4.74 Å². The second-order valence-electron chi connectivity index (χ2n) is 4.16. The maximum absolute atomic E-state index is 13.5. The van der Waals surface area contributed by atoms with Gasteiger partial charge in [-0.1, -0.05) is 6.92 Å². The average molecular weight is 196 g/mol. The Balaban J connectivity index is 2.15. The summed E-state index contributed by atoms with van der Waals surface area (Å²) < 4.78 is 31.7. The zero-order valence-corrected chi connectivity index (χ0v) is 7.76. The minimum atomic E-state index is -0.562. The molecule has 2 aliphatic rings. The lowest BCUT2D eigenvalue weighted by Gasteiger charge is -2.16. The van der Waals surface area contributed by atoms with E-state index in [4.69, 9.17) is 4.74 Å². The van der Waals surface area contributed by atoms with E-state index in [9.17, 15) is 8.78 Å². The summed E-state index contributed by atoms with van der Waals surface area (Å²) in [6.45, 7) is 2.68. The maximum atomic E-state index is 13.5. The van der Waals surface area contributed by atoms with Crippen molar-refractivity contribution in [1.82, 2.24) is 0 Å². The van der Waals surface area contributed by atoms with E-state index in [1.54, 1.807) is 0 Å². The number of ether oxygens (including phenoxy) is 1. The normalized spacial score (nSPS) is 32.9. The monoisotopic (exact) mass is 196 g/mol. The van der Waals surface area contributed by atoms with Crippen LogP contribution in [0.15, 0.2) is 12.1 Å². The van der Waals surface area contributed by atoms with Crippen LogP contribution in [0.5, 0.6) is 5.75 Å². The fourth-order valence-corrected chi connectivity index (χ4v) is 2.47.